The zero-order chi connectivity index (χ0) is 18.4. The number of anilines is 1. The summed E-state index contributed by atoms with van der Waals surface area (Å²) in [4.78, 5) is 33.6. The standard InChI is InChI=1S/C19H20N4O3/c1-19(14-7-3-2-4-8-14)13-15(23-26-19)18(25)21-12-10-17(24)22-16-9-5-6-11-20-16/h2-9,11H,10,12-13H2,1H3,(H,21,25)(H,20,22,24). The highest BCUT2D eigenvalue weighted by Crippen LogP contribution is 2.34. The fourth-order valence-electron chi connectivity index (χ4n) is 2.64. The summed E-state index contributed by atoms with van der Waals surface area (Å²) in [5.74, 6) is -0.0611. The quantitative estimate of drug-likeness (QED) is 0.834. The molecule has 0 radical (unpaired) electrons. The Hall–Kier alpha value is -3.22. The Balaban J connectivity index is 1.45. The Morgan fingerprint density at radius 3 is 2.65 bits per heavy atom. The average Bonchev–Trinajstić information content (AvgIpc) is 3.07. The molecule has 1 aromatic carbocycles. The maximum Gasteiger partial charge on any atom is 0.269 e. The number of benzene rings is 1. The third kappa shape index (κ3) is 4.24. The number of carbonyl (C=O) groups excluding carboxylic acids is 2. The van der Waals surface area contributed by atoms with Crippen LogP contribution in [-0.4, -0.2) is 29.1 Å². The molecule has 0 fully saturated rings. The summed E-state index contributed by atoms with van der Waals surface area (Å²) in [6.45, 7) is 2.10. The summed E-state index contributed by atoms with van der Waals surface area (Å²) < 4.78 is 0. The maximum absolute atomic E-state index is 12.2. The van der Waals surface area contributed by atoms with Crippen LogP contribution in [0.4, 0.5) is 5.82 Å². The Kier molecular flexibility index (Phi) is 5.26. The van der Waals surface area contributed by atoms with E-state index in [1.165, 1.54) is 0 Å². The third-order valence-electron chi connectivity index (χ3n) is 4.08. The molecule has 1 atom stereocenters. The molecule has 7 heteroatoms. The molecule has 0 bridgehead atoms. The third-order valence-corrected chi connectivity index (χ3v) is 4.08. The van der Waals surface area contributed by atoms with Crippen LogP contribution in [0.1, 0.15) is 25.3 Å². The molecule has 134 valence electrons. The molecule has 1 aliphatic heterocycles. The van der Waals surface area contributed by atoms with Gasteiger partial charge in [0.15, 0.2) is 5.60 Å². The summed E-state index contributed by atoms with van der Waals surface area (Å²) >= 11 is 0. The molecule has 2 aromatic rings. The van der Waals surface area contributed by atoms with Gasteiger partial charge in [-0.15, -0.1) is 0 Å². The van der Waals surface area contributed by atoms with Gasteiger partial charge in [0, 0.05) is 25.6 Å². The van der Waals surface area contributed by atoms with Crippen LogP contribution in [0, 0.1) is 0 Å². The summed E-state index contributed by atoms with van der Waals surface area (Å²) in [5, 5.41) is 9.29. The van der Waals surface area contributed by atoms with Crippen molar-refractivity contribution >= 4 is 23.3 Å². The Bertz CT molecular complexity index is 808. The monoisotopic (exact) mass is 352 g/mol. The van der Waals surface area contributed by atoms with E-state index in [-0.39, 0.29) is 24.8 Å². The second-order valence-corrected chi connectivity index (χ2v) is 6.17. The Labute approximate surface area is 151 Å². The van der Waals surface area contributed by atoms with Gasteiger partial charge in [-0.2, -0.15) is 0 Å². The van der Waals surface area contributed by atoms with Crippen LogP contribution in [-0.2, 0) is 20.0 Å². The summed E-state index contributed by atoms with van der Waals surface area (Å²) in [6, 6.07) is 14.9. The van der Waals surface area contributed by atoms with E-state index in [0.29, 0.717) is 18.0 Å². The van der Waals surface area contributed by atoms with E-state index in [9.17, 15) is 9.59 Å². The largest absolute Gasteiger partial charge is 0.384 e. The molecule has 26 heavy (non-hydrogen) atoms. The van der Waals surface area contributed by atoms with Crippen LogP contribution < -0.4 is 10.6 Å². The fourth-order valence-corrected chi connectivity index (χ4v) is 2.64. The zero-order valence-electron chi connectivity index (χ0n) is 14.4. The first-order valence-corrected chi connectivity index (χ1v) is 8.36. The minimum absolute atomic E-state index is 0.145. The van der Waals surface area contributed by atoms with Crippen molar-refractivity contribution in [3.8, 4) is 0 Å². The number of nitrogens with one attached hydrogen (secondary N) is 2. The minimum atomic E-state index is -0.649. The SMILES string of the molecule is CC1(c2ccccc2)CC(C(=O)NCCC(=O)Nc2ccccn2)=NO1. The predicted octanol–water partition coefficient (Wildman–Crippen LogP) is 2.22. The van der Waals surface area contributed by atoms with Crippen molar-refractivity contribution in [1.29, 1.82) is 0 Å². The first-order valence-electron chi connectivity index (χ1n) is 8.36. The minimum Gasteiger partial charge on any atom is -0.384 e. The molecular formula is C19H20N4O3. The summed E-state index contributed by atoms with van der Waals surface area (Å²) in [6.07, 6.45) is 2.12. The van der Waals surface area contributed by atoms with Crippen molar-refractivity contribution in [3.63, 3.8) is 0 Å². The van der Waals surface area contributed by atoms with Gasteiger partial charge >= 0.3 is 0 Å². The lowest BCUT2D eigenvalue weighted by molar-refractivity contribution is -0.116. The second-order valence-electron chi connectivity index (χ2n) is 6.17. The van der Waals surface area contributed by atoms with Gasteiger partial charge in [-0.25, -0.2) is 4.98 Å². The van der Waals surface area contributed by atoms with Gasteiger partial charge in [-0.1, -0.05) is 41.6 Å². The van der Waals surface area contributed by atoms with Crippen molar-refractivity contribution in [2.75, 3.05) is 11.9 Å². The average molecular weight is 352 g/mol. The Morgan fingerprint density at radius 2 is 1.92 bits per heavy atom. The van der Waals surface area contributed by atoms with E-state index >= 15 is 0 Å². The molecule has 3 rings (SSSR count). The number of carbonyl (C=O) groups is 2. The molecule has 1 aliphatic rings. The number of oxime groups is 1. The number of rotatable bonds is 6. The number of hydrogen-bond acceptors (Lipinski definition) is 5. The van der Waals surface area contributed by atoms with Gasteiger partial charge in [0.2, 0.25) is 5.91 Å². The summed E-state index contributed by atoms with van der Waals surface area (Å²) in [5.41, 5.74) is 0.632. The van der Waals surface area contributed by atoms with Gasteiger partial charge < -0.3 is 15.5 Å². The number of pyridine rings is 1. The molecule has 2 amide bonds. The highest BCUT2D eigenvalue weighted by atomic mass is 16.7. The fraction of sp³-hybridized carbons (Fsp3) is 0.263. The van der Waals surface area contributed by atoms with Crippen molar-refractivity contribution < 1.29 is 14.4 Å². The lowest BCUT2D eigenvalue weighted by atomic mass is 9.91. The molecule has 2 N–H and O–H groups in total. The summed E-state index contributed by atoms with van der Waals surface area (Å²) in [7, 11) is 0. The lowest BCUT2D eigenvalue weighted by Crippen LogP contribution is -2.34. The van der Waals surface area contributed by atoms with Crippen LogP contribution in [0.2, 0.25) is 0 Å². The van der Waals surface area contributed by atoms with Crippen LogP contribution in [0.3, 0.4) is 0 Å². The molecule has 0 saturated heterocycles. The van der Waals surface area contributed by atoms with Crippen molar-refractivity contribution in [1.82, 2.24) is 10.3 Å². The molecule has 2 heterocycles. The van der Waals surface area contributed by atoms with E-state index in [1.807, 2.05) is 37.3 Å². The topological polar surface area (TPSA) is 92.7 Å². The molecule has 1 aromatic heterocycles. The molecule has 0 aliphatic carbocycles. The molecular weight excluding hydrogens is 332 g/mol. The highest BCUT2D eigenvalue weighted by molar-refractivity contribution is 6.39. The van der Waals surface area contributed by atoms with E-state index in [2.05, 4.69) is 20.8 Å². The second kappa shape index (κ2) is 7.77. The van der Waals surface area contributed by atoms with Gasteiger partial charge in [-0.05, 0) is 24.6 Å². The number of nitrogens with zero attached hydrogens (tertiary/aromatic N) is 2. The smallest absolute Gasteiger partial charge is 0.269 e. The lowest BCUT2D eigenvalue weighted by Gasteiger charge is -2.21. The number of aromatic nitrogens is 1. The van der Waals surface area contributed by atoms with E-state index in [0.717, 1.165) is 5.56 Å². The zero-order valence-corrected chi connectivity index (χ0v) is 14.4. The molecule has 1 unspecified atom stereocenters. The first kappa shape index (κ1) is 17.6. The van der Waals surface area contributed by atoms with Crippen LogP contribution in [0.15, 0.2) is 59.9 Å². The van der Waals surface area contributed by atoms with Crippen LogP contribution >= 0.6 is 0 Å². The molecule has 0 saturated carbocycles. The maximum atomic E-state index is 12.2. The highest BCUT2D eigenvalue weighted by Gasteiger charge is 2.38. The van der Waals surface area contributed by atoms with Crippen molar-refractivity contribution in [2.45, 2.75) is 25.4 Å². The number of hydrogen-bond donors (Lipinski definition) is 2. The van der Waals surface area contributed by atoms with E-state index in [1.54, 1.807) is 24.4 Å². The van der Waals surface area contributed by atoms with Crippen molar-refractivity contribution in [2.24, 2.45) is 5.16 Å². The Morgan fingerprint density at radius 1 is 1.15 bits per heavy atom. The van der Waals surface area contributed by atoms with Crippen LogP contribution in [0.25, 0.3) is 0 Å². The normalized spacial score (nSPS) is 18.6. The van der Waals surface area contributed by atoms with Crippen LogP contribution in [0.5, 0.6) is 0 Å². The first-order chi connectivity index (χ1) is 12.6. The van der Waals surface area contributed by atoms with Gasteiger partial charge in [-0.3, -0.25) is 9.59 Å². The molecule has 0 spiro atoms. The van der Waals surface area contributed by atoms with Gasteiger partial charge in [0.1, 0.15) is 11.5 Å². The number of amides is 2. The molecule has 7 nitrogen and oxygen atoms in total. The van der Waals surface area contributed by atoms with Gasteiger partial charge in [0.05, 0.1) is 0 Å². The van der Waals surface area contributed by atoms with Crippen molar-refractivity contribution in [3.05, 3.63) is 60.3 Å². The van der Waals surface area contributed by atoms with E-state index in [4.69, 9.17) is 4.84 Å². The van der Waals surface area contributed by atoms with E-state index < -0.39 is 5.60 Å². The predicted molar refractivity (Wildman–Crippen MR) is 97.4 cm³/mol. The van der Waals surface area contributed by atoms with Gasteiger partial charge in [0.25, 0.3) is 5.91 Å².